The second kappa shape index (κ2) is 13.4. The number of para-hydroxylation sites is 2. The van der Waals surface area contributed by atoms with Crippen LogP contribution in [0.2, 0.25) is 0 Å². The number of nitrogens with zero attached hydrogens (tertiary/aromatic N) is 3. The van der Waals surface area contributed by atoms with Gasteiger partial charge in [0.1, 0.15) is 16.8 Å². The van der Waals surface area contributed by atoms with Crippen LogP contribution in [0.5, 0.6) is 0 Å². The van der Waals surface area contributed by atoms with Crippen molar-refractivity contribution in [3.63, 3.8) is 0 Å². The number of fused-ring (bicyclic) bond motifs is 7. The first-order valence-electron chi connectivity index (χ1n) is 19.4. The molecule has 5 heteroatoms. The first-order valence-corrected chi connectivity index (χ1v) is 19.4. The molecule has 0 bridgehead atoms. The fraction of sp³-hybridized carbons (Fsp3) is 0.0385. The normalized spacial score (nSPS) is 12.9. The average Bonchev–Trinajstić information content (AvgIpc) is 3.66. The molecule has 10 aromatic rings. The first-order chi connectivity index (χ1) is 28.2. The molecule has 0 saturated carbocycles. The van der Waals surface area contributed by atoms with Crippen molar-refractivity contribution in [3.8, 4) is 22.3 Å². The van der Waals surface area contributed by atoms with Crippen LogP contribution in [0.1, 0.15) is 18.4 Å². The number of allylic oxidation sites excluding steroid dienone is 4. The Hall–Kier alpha value is -7.50. The Balaban J connectivity index is 1.11. The number of pyridine rings is 1. The summed E-state index contributed by atoms with van der Waals surface area (Å²) in [6, 6.07) is 58.4. The van der Waals surface area contributed by atoms with E-state index in [-0.39, 0.29) is 5.56 Å². The zero-order chi connectivity index (χ0) is 37.9. The zero-order valence-electron chi connectivity index (χ0n) is 31.0. The molecule has 1 aliphatic carbocycles. The smallest absolute Gasteiger partial charge is 0.266 e. The summed E-state index contributed by atoms with van der Waals surface area (Å²) in [4.78, 5) is 21.6. The Kier molecular flexibility index (Phi) is 7.71. The van der Waals surface area contributed by atoms with Crippen molar-refractivity contribution in [2.24, 2.45) is 0 Å². The maximum Gasteiger partial charge on any atom is 0.266 e. The minimum atomic E-state index is -0.0774. The second-order valence-electron chi connectivity index (χ2n) is 14.6. The molecule has 3 aromatic heterocycles. The van der Waals surface area contributed by atoms with Gasteiger partial charge in [0, 0.05) is 27.7 Å². The average molecular weight is 734 g/mol. The van der Waals surface area contributed by atoms with Gasteiger partial charge in [-0.05, 0) is 113 Å². The van der Waals surface area contributed by atoms with Crippen LogP contribution in [0, 0.1) is 0 Å². The third-order valence-electron chi connectivity index (χ3n) is 11.2. The van der Waals surface area contributed by atoms with Crippen molar-refractivity contribution < 1.29 is 4.42 Å². The lowest BCUT2D eigenvalue weighted by atomic mass is 9.98. The van der Waals surface area contributed by atoms with Crippen molar-refractivity contribution in [3.05, 3.63) is 204 Å². The molecule has 0 unspecified atom stereocenters. The number of rotatable bonds is 6. The highest BCUT2D eigenvalue weighted by Crippen LogP contribution is 2.44. The molecule has 57 heavy (non-hydrogen) atoms. The maximum atomic E-state index is 14.2. The summed E-state index contributed by atoms with van der Waals surface area (Å²) in [6.07, 6.45) is 8.93. The number of anilines is 3. The predicted octanol–water partition coefficient (Wildman–Crippen LogP) is 13.4. The van der Waals surface area contributed by atoms with Gasteiger partial charge in [-0.3, -0.25) is 9.20 Å². The molecule has 270 valence electrons. The summed E-state index contributed by atoms with van der Waals surface area (Å²) in [7, 11) is 0. The summed E-state index contributed by atoms with van der Waals surface area (Å²) >= 11 is 0. The van der Waals surface area contributed by atoms with Crippen molar-refractivity contribution in [1.29, 1.82) is 0 Å². The van der Waals surface area contributed by atoms with E-state index in [0.29, 0.717) is 16.6 Å². The Morgan fingerprint density at radius 1 is 0.579 bits per heavy atom. The number of furan rings is 1. The molecule has 0 saturated heterocycles. The Morgan fingerprint density at radius 3 is 2.12 bits per heavy atom. The third kappa shape index (κ3) is 5.55. The van der Waals surface area contributed by atoms with E-state index < -0.39 is 0 Å². The lowest BCUT2D eigenvalue weighted by Crippen LogP contribution is -2.16. The van der Waals surface area contributed by atoms with Crippen LogP contribution < -0.4 is 10.5 Å². The SMILES string of the molecule is O=c1c2ccccc2nc2c(-c3ccccc3)cc3cc(-c4cccc(N(c5cccc(C6=CCCC=C6)c5)c5cccc6oc7ccccc7c56)c4)ccc3n12. The highest BCUT2D eigenvalue weighted by molar-refractivity contribution is 6.13. The molecule has 7 aromatic carbocycles. The van der Waals surface area contributed by atoms with Crippen molar-refractivity contribution >= 4 is 72.0 Å². The van der Waals surface area contributed by atoms with Crippen LogP contribution in [0.25, 0.3) is 77.2 Å². The third-order valence-corrected chi connectivity index (χ3v) is 11.2. The minimum absolute atomic E-state index is 0.0774. The summed E-state index contributed by atoms with van der Waals surface area (Å²) in [6.45, 7) is 0. The quantitative estimate of drug-likeness (QED) is 0.126. The Labute approximate surface area is 328 Å². The van der Waals surface area contributed by atoms with E-state index in [4.69, 9.17) is 9.40 Å². The van der Waals surface area contributed by atoms with E-state index in [2.05, 4.69) is 132 Å². The number of hydrogen-bond donors (Lipinski definition) is 0. The van der Waals surface area contributed by atoms with Gasteiger partial charge in [-0.25, -0.2) is 4.98 Å². The Morgan fingerprint density at radius 2 is 1.28 bits per heavy atom. The molecule has 0 aliphatic heterocycles. The van der Waals surface area contributed by atoms with E-state index in [9.17, 15) is 4.79 Å². The number of benzene rings is 7. The molecule has 0 atom stereocenters. The van der Waals surface area contributed by atoms with Gasteiger partial charge in [-0.2, -0.15) is 0 Å². The van der Waals surface area contributed by atoms with Crippen LogP contribution in [0.15, 0.2) is 197 Å². The van der Waals surface area contributed by atoms with Crippen LogP contribution in [0.3, 0.4) is 0 Å². The van der Waals surface area contributed by atoms with E-state index in [0.717, 1.165) is 85.0 Å². The highest BCUT2D eigenvalue weighted by Gasteiger charge is 2.21. The van der Waals surface area contributed by atoms with Gasteiger partial charge in [0.25, 0.3) is 5.56 Å². The lowest BCUT2D eigenvalue weighted by Gasteiger charge is -2.27. The molecule has 3 heterocycles. The van der Waals surface area contributed by atoms with Gasteiger partial charge < -0.3 is 9.32 Å². The van der Waals surface area contributed by atoms with Gasteiger partial charge in [0.05, 0.1) is 27.5 Å². The van der Waals surface area contributed by atoms with Crippen LogP contribution in [0.4, 0.5) is 17.1 Å². The van der Waals surface area contributed by atoms with Gasteiger partial charge >= 0.3 is 0 Å². The standard InChI is InChI=1S/C52H35N3O2/c56-52-42-22-7-9-24-45(42)53-51-44(35-16-5-2-6-17-35)33-39-30-38(28-29-46(39)55(51)52)37-19-12-21-41(32-37)54(40-20-11-18-36(31-40)34-14-3-1-4-15-34)47-25-13-27-49-50(47)43-23-8-10-26-48(43)57-49/h2-3,5-33H,1,4H2. The molecule has 0 fully saturated rings. The molecule has 0 N–H and O–H groups in total. The molecular formula is C52H35N3O2. The molecule has 11 rings (SSSR count). The van der Waals surface area contributed by atoms with E-state index >= 15 is 0 Å². The van der Waals surface area contributed by atoms with E-state index in [1.807, 2.05) is 60.7 Å². The monoisotopic (exact) mass is 733 g/mol. The van der Waals surface area contributed by atoms with E-state index in [1.165, 1.54) is 11.1 Å². The summed E-state index contributed by atoms with van der Waals surface area (Å²) < 4.78 is 8.18. The van der Waals surface area contributed by atoms with Crippen molar-refractivity contribution in [2.75, 3.05) is 4.90 Å². The number of aromatic nitrogens is 2. The first kappa shape index (κ1) is 32.9. The molecule has 0 radical (unpaired) electrons. The summed E-state index contributed by atoms with van der Waals surface area (Å²) in [5, 5.41) is 3.69. The van der Waals surface area contributed by atoms with Gasteiger partial charge in [-0.15, -0.1) is 0 Å². The minimum Gasteiger partial charge on any atom is -0.456 e. The lowest BCUT2D eigenvalue weighted by molar-refractivity contribution is 0.669. The van der Waals surface area contributed by atoms with Gasteiger partial charge in [-0.1, -0.05) is 115 Å². The van der Waals surface area contributed by atoms with E-state index in [1.54, 1.807) is 4.40 Å². The Bertz CT molecular complexity index is 3340. The maximum absolute atomic E-state index is 14.2. The van der Waals surface area contributed by atoms with Crippen LogP contribution >= 0.6 is 0 Å². The summed E-state index contributed by atoms with van der Waals surface area (Å²) in [5.41, 5.74) is 13.3. The predicted molar refractivity (Wildman–Crippen MR) is 236 cm³/mol. The largest absolute Gasteiger partial charge is 0.456 e. The summed E-state index contributed by atoms with van der Waals surface area (Å²) in [5.74, 6) is 0. The van der Waals surface area contributed by atoms with Crippen LogP contribution in [-0.2, 0) is 0 Å². The molecule has 0 amide bonds. The molecule has 0 spiro atoms. The van der Waals surface area contributed by atoms with Gasteiger partial charge in [0.15, 0.2) is 0 Å². The molecule has 1 aliphatic rings. The fourth-order valence-electron chi connectivity index (χ4n) is 8.49. The second-order valence-corrected chi connectivity index (χ2v) is 14.6. The zero-order valence-corrected chi connectivity index (χ0v) is 31.0. The molecular weight excluding hydrogens is 699 g/mol. The van der Waals surface area contributed by atoms with Crippen molar-refractivity contribution in [1.82, 2.24) is 9.38 Å². The number of hydrogen-bond acceptors (Lipinski definition) is 4. The fourth-order valence-corrected chi connectivity index (χ4v) is 8.49. The molecule has 5 nitrogen and oxygen atoms in total. The highest BCUT2D eigenvalue weighted by atomic mass is 16.3. The van der Waals surface area contributed by atoms with Gasteiger partial charge in [0.2, 0.25) is 0 Å². The van der Waals surface area contributed by atoms with Crippen molar-refractivity contribution in [2.45, 2.75) is 12.8 Å². The topological polar surface area (TPSA) is 50.8 Å². The van der Waals surface area contributed by atoms with Crippen LogP contribution in [-0.4, -0.2) is 9.38 Å².